The number of carbonyl (C=O) groups is 1. The van der Waals surface area contributed by atoms with E-state index in [0.29, 0.717) is 5.56 Å². The second-order valence-corrected chi connectivity index (χ2v) is 3.39. The summed E-state index contributed by atoms with van der Waals surface area (Å²) in [6.45, 7) is 1.84. The molecule has 0 spiro atoms. The number of hydrogen-bond acceptors (Lipinski definition) is 5. The van der Waals surface area contributed by atoms with Crippen molar-refractivity contribution < 1.29 is 9.53 Å². The summed E-state index contributed by atoms with van der Waals surface area (Å²) >= 11 is 1.14. The molecule has 72 valence electrons. The van der Waals surface area contributed by atoms with E-state index >= 15 is 0 Å². The number of aryl methyl sites for hydroxylation is 1. The van der Waals surface area contributed by atoms with Crippen LogP contribution < -0.4 is 0 Å². The maximum Gasteiger partial charge on any atom is 0.338 e. The molecule has 0 aliphatic rings. The van der Waals surface area contributed by atoms with Crippen molar-refractivity contribution in [3.05, 3.63) is 23.3 Å². The SMILES string of the molecule is COC(=O)c1ccc2nsnc2c1C. The van der Waals surface area contributed by atoms with Crippen molar-refractivity contribution in [3.8, 4) is 0 Å². The van der Waals surface area contributed by atoms with Crippen LogP contribution >= 0.6 is 11.7 Å². The standard InChI is InChI=1S/C9H8N2O2S/c1-5-6(9(12)13-2)3-4-7-8(5)11-14-10-7/h3-4H,1-2H3. The zero-order chi connectivity index (χ0) is 10.1. The first kappa shape index (κ1) is 9.08. The van der Waals surface area contributed by atoms with Gasteiger partial charge in [0.25, 0.3) is 0 Å². The number of rotatable bonds is 1. The number of carbonyl (C=O) groups excluding carboxylic acids is 1. The average Bonchev–Trinajstić information content (AvgIpc) is 2.66. The Bertz CT molecular complexity index is 493. The van der Waals surface area contributed by atoms with E-state index in [0.717, 1.165) is 28.3 Å². The highest BCUT2D eigenvalue weighted by Gasteiger charge is 2.13. The number of aromatic nitrogens is 2. The maximum absolute atomic E-state index is 11.3. The van der Waals surface area contributed by atoms with Gasteiger partial charge in [0.05, 0.1) is 24.4 Å². The van der Waals surface area contributed by atoms with Crippen LogP contribution in [0.5, 0.6) is 0 Å². The third-order valence-corrected chi connectivity index (χ3v) is 2.63. The zero-order valence-corrected chi connectivity index (χ0v) is 8.59. The minimum Gasteiger partial charge on any atom is -0.465 e. The smallest absolute Gasteiger partial charge is 0.338 e. The van der Waals surface area contributed by atoms with E-state index in [1.54, 1.807) is 12.1 Å². The second-order valence-electron chi connectivity index (χ2n) is 2.86. The van der Waals surface area contributed by atoms with E-state index in [9.17, 15) is 4.79 Å². The van der Waals surface area contributed by atoms with Crippen LogP contribution in [0.3, 0.4) is 0 Å². The Balaban J connectivity index is 2.67. The van der Waals surface area contributed by atoms with Crippen molar-refractivity contribution in [1.82, 2.24) is 8.75 Å². The first-order chi connectivity index (χ1) is 6.74. The van der Waals surface area contributed by atoms with Gasteiger partial charge in [-0.1, -0.05) is 0 Å². The van der Waals surface area contributed by atoms with E-state index in [4.69, 9.17) is 0 Å². The van der Waals surface area contributed by atoms with E-state index in [2.05, 4.69) is 13.5 Å². The molecule has 2 aromatic rings. The first-order valence-electron chi connectivity index (χ1n) is 4.04. The Morgan fingerprint density at radius 3 is 2.93 bits per heavy atom. The maximum atomic E-state index is 11.3. The van der Waals surface area contributed by atoms with E-state index in [-0.39, 0.29) is 5.97 Å². The normalized spacial score (nSPS) is 10.4. The summed E-state index contributed by atoms with van der Waals surface area (Å²) < 4.78 is 12.9. The molecule has 0 amide bonds. The van der Waals surface area contributed by atoms with E-state index < -0.39 is 0 Å². The summed E-state index contributed by atoms with van der Waals surface area (Å²) in [5.74, 6) is -0.336. The number of esters is 1. The largest absolute Gasteiger partial charge is 0.465 e. The van der Waals surface area contributed by atoms with Gasteiger partial charge in [-0.3, -0.25) is 0 Å². The van der Waals surface area contributed by atoms with Gasteiger partial charge >= 0.3 is 5.97 Å². The fourth-order valence-electron chi connectivity index (χ4n) is 1.31. The Hall–Kier alpha value is -1.49. The fourth-order valence-corrected chi connectivity index (χ4v) is 1.90. The number of methoxy groups -OCH3 is 1. The molecule has 0 bridgehead atoms. The molecule has 0 N–H and O–H groups in total. The fraction of sp³-hybridized carbons (Fsp3) is 0.222. The van der Waals surface area contributed by atoms with Crippen molar-refractivity contribution in [1.29, 1.82) is 0 Å². The Morgan fingerprint density at radius 2 is 2.21 bits per heavy atom. The monoisotopic (exact) mass is 208 g/mol. The van der Waals surface area contributed by atoms with Gasteiger partial charge in [0.1, 0.15) is 11.0 Å². The van der Waals surface area contributed by atoms with Crippen LogP contribution in [0.15, 0.2) is 12.1 Å². The van der Waals surface area contributed by atoms with Crippen LogP contribution in [-0.2, 0) is 4.74 Å². The molecule has 1 heterocycles. The van der Waals surface area contributed by atoms with E-state index in [1.807, 2.05) is 6.92 Å². The molecule has 0 saturated heterocycles. The van der Waals surface area contributed by atoms with Crippen LogP contribution in [0.4, 0.5) is 0 Å². The minimum atomic E-state index is -0.336. The lowest BCUT2D eigenvalue weighted by atomic mass is 10.1. The van der Waals surface area contributed by atoms with Crippen molar-refractivity contribution >= 4 is 28.7 Å². The molecule has 1 aromatic carbocycles. The molecule has 5 heteroatoms. The lowest BCUT2D eigenvalue weighted by Gasteiger charge is -2.02. The highest BCUT2D eigenvalue weighted by Crippen LogP contribution is 2.20. The van der Waals surface area contributed by atoms with Crippen molar-refractivity contribution in [3.63, 3.8) is 0 Å². The van der Waals surface area contributed by atoms with Gasteiger partial charge < -0.3 is 4.74 Å². The molecule has 14 heavy (non-hydrogen) atoms. The molecular formula is C9H8N2O2S. The predicted molar refractivity (Wildman–Crippen MR) is 53.5 cm³/mol. The summed E-state index contributed by atoms with van der Waals surface area (Å²) in [5.41, 5.74) is 2.97. The van der Waals surface area contributed by atoms with Crippen molar-refractivity contribution in [2.24, 2.45) is 0 Å². The number of nitrogens with zero attached hydrogens (tertiary/aromatic N) is 2. The lowest BCUT2D eigenvalue weighted by molar-refractivity contribution is 0.0600. The number of fused-ring (bicyclic) bond motifs is 1. The van der Waals surface area contributed by atoms with Crippen molar-refractivity contribution in [2.45, 2.75) is 6.92 Å². The summed E-state index contributed by atoms with van der Waals surface area (Å²) in [5, 5.41) is 0. The molecule has 0 aliphatic carbocycles. The van der Waals surface area contributed by atoms with Crippen LogP contribution in [0.25, 0.3) is 11.0 Å². The molecule has 0 saturated carbocycles. The predicted octanol–water partition coefficient (Wildman–Crippen LogP) is 1.79. The van der Waals surface area contributed by atoms with Crippen molar-refractivity contribution in [2.75, 3.05) is 7.11 Å². The van der Waals surface area contributed by atoms with Gasteiger partial charge in [0.2, 0.25) is 0 Å². The van der Waals surface area contributed by atoms with Crippen LogP contribution in [0.2, 0.25) is 0 Å². The highest BCUT2D eigenvalue weighted by atomic mass is 32.1. The van der Waals surface area contributed by atoms with Gasteiger partial charge in [-0.05, 0) is 24.6 Å². The molecule has 1 aromatic heterocycles. The van der Waals surface area contributed by atoms with Gasteiger partial charge in [0, 0.05) is 0 Å². The molecule has 0 unspecified atom stereocenters. The quantitative estimate of drug-likeness (QED) is 0.670. The number of ether oxygens (including phenoxy) is 1. The summed E-state index contributed by atoms with van der Waals surface area (Å²) in [4.78, 5) is 11.3. The molecular weight excluding hydrogens is 200 g/mol. The lowest BCUT2D eigenvalue weighted by Crippen LogP contribution is -2.03. The second kappa shape index (κ2) is 3.34. The zero-order valence-electron chi connectivity index (χ0n) is 7.77. The summed E-state index contributed by atoms with van der Waals surface area (Å²) in [7, 11) is 1.37. The molecule has 0 fully saturated rings. The first-order valence-corrected chi connectivity index (χ1v) is 4.77. The molecule has 0 atom stereocenters. The summed E-state index contributed by atoms with van der Waals surface area (Å²) in [6.07, 6.45) is 0. The topological polar surface area (TPSA) is 52.1 Å². The van der Waals surface area contributed by atoms with Crippen LogP contribution in [0.1, 0.15) is 15.9 Å². The summed E-state index contributed by atoms with van der Waals surface area (Å²) in [6, 6.07) is 3.49. The van der Waals surface area contributed by atoms with Crippen LogP contribution in [0, 0.1) is 6.92 Å². The van der Waals surface area contributed by atoms with Crippen LogP contribution in [-0.4, -0.2) is 21.8 Å². The molecule has 2 rings (SSSR count). The van der Waals surface area contributed by atoms with Gasteiger partial charge in [-0.25, -0.2) is 4.79 Å². The third-order valence-electron chi connectivity index (χ3n) is 2.09. The van der Waals surface area contributed by atoms with Gasteiger partial charge in [0.15, 0.2) is 0 Å². The number of hydrogen-bond donors (Lipinski definition) is 0. The van der Waals surface area contributed by atoms with Gasteiger partial charge in [-0.15, -0.1) is 0 Å². The Labute approximate surface area is 84.8 Å². The van der Waals surface area contributed by atoms with E-state index in [1.165, 1.54) is 7.11 Å². The Morgan fingerprint density at radius 1 is 1.43 bits per heavy atom. The third kappa shape index (κ3) is 1.26. The van der Waals surface area contributed by atoms with Gasteiger partial charge in [-0.2, -0.15) is 8.75 Å². The average molecular weight is 208 g/mol. The Kier molecular flexibility index (Phi) is 2.17. The molecule has 4 nitrogen and oxygen atoms in total. The molecule has 0 radical (unpaired) electrons. The highest BCUT2D eigenvalue weighted by molar-refractivity contribution is 7.00. The number of benzene rings is 1. The minimum absolute atomic E-state index is 0.336. The molecule has 0 aliphatic heterocycles.